The van der Waals surface area contributed by atoms with E-state index >= 15 is 0 Å². The molecule has 1 aromatic heterocycles. The Labute approximate surface area is 166 Å². The van der Waals surface area contributed by atoms with E-state index in [1.165, 1.54) is 0 Å². The summed E-state index contributed by atoms with van der Waals surface area (Å²) in [7, 11) is 0. The minimum absolute atomic E-state index is 0.331. The van der Waals surface area contributed by atoms with Gasteiger partial charge >= 0.3 is 0 Å². The summed E-state index contributed by atoms with van der Waals surface area (Å²) in [6, 6.07) is 22.1. The molecule has 0 saturated heterocycles. The number of H-pyrrole nitrogens is 1. The molecule has 0 saturated carbocycles. The van der Waals surface area contributed by atoms with Crippen molar-refractivity contribution >= 4 is 16.9 Å². The molecule has 0 aliphatic rings. The molecule has 0 bridgehead atoms. The van der Waals surface area contributed by atoms with Crippen LogP contribution >= 0.6 is 0 Å². The van der Waals surface area contributed by atoms with Crippen LogP contribution in [0, 0.1) is 0 Å². The van der Waals surface area contributed by atoms with Crippen molar-refractivity contribution in [1.82, 2.24) is 15.4 Å². The van der Waals surface area contributed by atoms with E-state index in [0.717, 1.165) is 11.3 Å². The molecule has 0 spiro atoms. The number of para-hydroxylation sites is 2. The molecule has 3 aromatic carbocycles. The first-order valence-electron chi connectivity index (χ1n) is 9.09. The van der Waals surface area contributed by atoms with E-state index in [2.05, 4.69) is 9.97 Å². The van der Waals surface area contributed by atoms with Gasteiger partial charge in [-0.1, -0.05) is 30.3 Å². The van der Waals surface area contributed by atoms with Gasteiger partial charge in [0.25, 0.3) is 5.91 Å². The van der Waals surface area contributed by atoms with Crippen molar-refractivity contribution in [3.05, 3.63) is 78.4 Å². The Kier molecular flexibility index (Phi) is 5.40. The number of amides is 1. The van der Waals surface area contributed by atoms with Crippen LogP contribution in [0.5, 0.6) is 11.5 Å². The molecule has 3 N–H and O–H groups in total. The number of carbonyl (C=O) groups is 1. The molecule has 4 rings (SSSR count). The van der Waals surface area contributed by atoms with E-state index in [1.54, 1.807) is 23.7 Å². The number of nitrogens with one attached hydrogen (secondary N) is 2. The molecule has 7 nitrogen and oxygen atoms in total. The van der Waals surface area contributed by atoms with Crippen molar-refractivity contribution in [3.8, 4) is 22.9 Å². The molecule has 0 aliphatic carbocycles. The van der Waals surface area contributed by atoms with Gasteiger partial charge in [-0.25, -0.2) is 10.5 Å². The number of fused-ring (bicyclic) bond motifs is 1. The average Bonchev–Trinajstić information content (AvgIpc) is 3.20. The highest BCUT2D eigenvalue weighted by molar-refractivity contribution is 5.97. The lowest BCUT2D eigenvalue weighted by molar-refractivity contribution is 0.0706. The fourth-order valence-electron chi connectivity index (χ4n) is 2.96. The number of imidazole rings is 1. The molecule has 0 atom stereocenters. The summed E-state index contributed by atoms with van der Waals surface area (Å²) < 4.78 is 11.6. The van der Waals surface area contributed by atoms with Crippen LogP contribution in [0.15, 0.2) is 72.8 Å². The van der Waals surface area contributed by atoms with Gasteiger partial charge in [-0.15, -0.1) is 0 Å². The Morgan fingerprint density at radius 3 is 2.55 bits per heavy atom. The first-order chi connectivity index (χ1) is 14.2. The molecule has 7 heteroatoms. The predicted octanol–water partition coefficient (Wildman–Crippen LogP) is 3.81. The van der Waals surface area contributed by atoms with Gasteiger partial charge in [-0.3, -0.25) is 10.0 Å². The van der Waals surface area contributed by atoms with Crippen LogP contribution in [0.4, 0.5) is 0 Å². The summed E-state index contributed by atoms with van der Waals surface area (Å²) in [5.41, 5.74) is 4.15. The molecule has 0 radical (unpaired) electrons. The number of hydrogen-bond donors (Lipinski definition) is 3. The fraction of sp³-hybridized carbons (Fsp3) is 0.0909. The third-order valence-corrected chi connectivity index (χ3v) is 4.34. The second kappa shape index (κ2) is 8.45. The number of aromatic amines is 1. The second-order valence-electron chi connectivity index (χ2n) is 6.26. The normalized spacial score (nSPS) is 10.7. The lowest BCUT2D eigenvalue weighted by atomic mass is 10.2. The quantitative estimate of drug-likeness (QED) is 0.254. The summed E-state index contributed by atoms with van der Waals surface area (Å²) in [5, 5.41) is 8.80. The zero-order valence-corrected chi connectivity index (χ0v) is 15.5. The van der Waals surface area contributed by atoms with Gasteiger partial charge in [0.1, 0.15) is 30.5 Å². The van der Waals surface area contributed by atoms with E-state index < -0.39 is 5.91 Å². The number of carbonyl (C=O) groups excluding carboxylic acids is 1. The number of hydrogen-bond acceptors (Lipinski definition) is 5. The van der Waals surface area contributed by atoms with Crippen LogP contribution in [0.1, 0.15) is 10.4 Å². The van der Waals surface area contributed by atoms with Gasteiger partial charge in [-0.2, -0.15) is 0 Å². The number of hydroxylamine groups is 1. The zero-order chi connectivity index (χ0) is 20.1. The monoisotopic (exact) mass is 389 g/mol. The number of benzene rings is 3. The maximum atomic E-state index is 11.6. The van der Waals surface area contributed by atoms with Gasteiger partial charge in [0.2, 0.25) is 0 Å². The summed E-state index contributed by atoms with van der Waals surface area (Å²) in [6.07, 6.45) is 0. The zero-order valence-electron chi connectivity index (χ0n) is 15.5. The van der Waals surface area contributed by atoms with Crippen molar-refractivity contribution in [2.24, 2.45) is 0 Å². The van der Waals surface area contributed by atoms with Gasteiger partial charge in [0, 0.05) is 5.56 Å². The van der Waals surface area contributed by atoms with Crippen LogP contribution < -0.4 is 15.0 Å². The summed E-state index contributed by atoms with van der Waals surface area (Å²) in [6.45, 7) is 0.797. The molecule has 1 heterocycles. The topological polar surface area (TPSA) is 96.5 Å². The molecular formula is C22H19N3O4. The molecular weight excluding hydrogens is 370 g/mol. The van der Waals surface area contributed by atoms with Gasteiger partial charge < -0.3 is 14.5 Å². The van der Waals surface area contributed by atoms with Gasteiger partial charge in [0.15, 0.2) is 0 Å². The van der Waals surface area contributed by atoms with E-state index in [1.807, 2.05) is 54.6 Å². The van der Waals surface area contributed by atoms with E-state index in [4.69, 9.17) is 14.7 Å². The average molecular weight is 389 g/mol. The Morgan fingerprint density at radius 1 is 0.966 bits per heavy atom. The summed E-state index contributed by atoms with van der Waals surface area (Å²) in [5.74, 6) is 1.52. The number of aromatic nitrogens is 2. The number of nitrogens with zero attached hydrogens (tertiary/aromatic N) is 1. The number of ether oxygens (including phenoxy) is 2. The highest BCUT2D eigenvalue weighted by Gasteiger charge is 2.12. The molecule has 0 fully saturated rings. The van der Waals surface area contributed by atoms with Crippen molar-refractivity contribution < 1.29 is 19.5 Å². The van der Waals surface area contributed by atoms with Crippen molar-refractivity contribution in [2.75, 3.05) is 13.2 Å². The maximum Gasteiger partial charge on any atom is 0.274 e. The third kappa shape index (κ3) is 4.20. The molecule has 1 amide bonds. The van der Waals surface area contributed by atoms with Crippen molar-refractivity contribution in [1.29, 1.82) is 0 Å². The second-order valence-corrected chi connectivity index (χ2v) is 6.26. The molecule has 0 unspecified atom stereocenters. The van der Waals surface area contributed by atoms with E-state index in [-0.39, 0.29) is 0 Å². The highest BCUT2D eigenvalue weighted by Crippen LogP contribution is 2.29. The first kappa shape index (κ1) is 18.5. The minimum Gasteiger partial charge on any atom is -0.490 e. The van der Waals surface area contributed by atoms with Crippen LogP contribution in [0.3, 0.4) is 0 Å². The minimum atomic E-state index is -0.579. The lowest BCUT2D eigenvalue weighted by Crippen LogP contribution is -2.18. The molecule has 146 valence electrons. The standard InChI is InChI=1S/C22H19N3O4/c26-22(25-27)15-10-11-18-19(14-15)24-21(23-18)17-8-4-5-9-20(17)29-13-12-28-16-6-2-1-3-7-16/h1-11,14,27H,12-13H2,(H,23,24)(H,25,26). The summed E-state index contributed by atoms with van der Waals surface area (Å²) >= 11 is 0. The van der Waals surface area contributed by atoms with Gasteiger partial charge in [-0.05, 0) is 42.5 Å². The smallest absolute Gasteiger partial charge is 0.274 e. The Balaban J connectivity index is 1.50. The largest absolute Gasteiger partial charge is 0.490 e. The Bertz CT molecular complexity index is 1130. The first-order valence-corrected chi connectivity index (χ1v) is 9.09. The number of rotatable bonds is 7. The van der Waals surface area contributed by atoms with Crippen molar-refractivity contribution in [2.45, 2.75) is 0 Å². The highest BCUT2D eigenvalue weighted by atomic mass is 16.5. The SMILES string of the molecule is O=C(NO)c1ccc2nc(-c3ccccc3OCCOc3ccccc3)[nH]c2c1. The summed E-state index contributed by atoms with van der Waals surface area (Å²) in [4.78, 5) is 19.4. The Hall–Kier alpha value is -3.84. The van der Waals surface area contributed by atoms with E-state index in [9.17, 15) is 4.79 Å². The Morgan fingerprint density at radius 2 is 1.72 bits per heavy atom. The van der Waals surface area contributed by atoms with Crippen LogP contribution in [0.25, 0.3) is 22.4 Å². The lowest BCUT2D eigenvalue weighted by Gasteiger charge is -2.11. The van der Waals surface area contributed by atoms with E-state index in [0.29, 0.717) is 41.4 Å². The fourth-order valence-corrected chi connectivity index (χ4v) is 2.96. The molecule has 0 aliphatic heterocycles. The van der Waals surface area contributed by atoms with Gasteiger partial charge in [0.05, 0.1) is 16.6 Å². The van der Waals surface area contributed by atoms with Crippen molar-refractivity contribution in [3.63, 3.8) is 0 Å². The van der Waals surface area contributed by atoms with Crippen LogP contribution in [-0.4, -0.2) is 34.3 Å². The van der Waals surface area contributed by atoms with Crippen LogP contribution in [0.2, 0.25) is 0 Å². The van der Waals surface area contributed by atoms with Crippen LogP contribution in [-0.2, 0) is 0 Å². The third-order valence-electron chi connectivity index (χ3n) is 4.34. The molecule has 4 aromatic rings. The molecule has 29 heavy (non-hydrogen) atoms. The predicted molar refractivity (Wildman–Crippen MR) is 108 cm³/mol. The maximum absolute atomic E-state index is 11.6.